The molecule has 0 saturated carbocycles. The summed E-state index contributed by atoms with van der Waals surface area (Å²) in [5.41, 5.74) is 4.37. The maximum absolute atomic E-state index is 11.8. The fraction of sp³-hybridized carbons (Fsp3) is 0.500. The first kappa shape index (κ1) is 43.3. The minimum absolute atomic E-state index is 0.132. The van der Waals surface area contributed by atoms with Crippen molar-refractivity contribution in [2.45, 2.75) is 76.7 Å². The van der Waals surface area contributed by atoms with Gasteiger partial charge in [0.05, 0.1) is 37.3 Å². The zero-order chi connectivity index (χ0) is 43.5. The van der Waals surface area contributed by atoms with Gasteiger partial charge in [-0.25, -0.2) is 4.79 Å². The molecule has 4 bridgehead atoms. The fourth-order valence-corrected chi connectivity index (χ4v) is 11.7. The van der Waals surface area contributed by atoms with E-state index >= 15 is 0 Å². The van der Waals surface area contributed by atoms with E-state index in [9.17, 15) is 4.79 Å². The average molecular weight is 873 g/mol. The van der Waals surface area contributed by atoms with Crippen LogP contribution in [0.2, 0.25) is 0 Å². The van der Waals surface area contributed by atoms with E-state index in [1.807, 2.05) is 60.6 Å². The van der Waals surface area contributed by atoms with Gasteiger partial charge in [-0.1, -0.05) is 19.9 Å². The number of aromatic nitrogens is 4. The number of hydrogen-bond donors (Lipinski definition) is 0. The highest BCUT2D eigenvalue weighted by Crippen LogP contribution is 2.46. The second kappa shape index (κ2) is 19.4. The molecular formula is C50H60N6O6S. The van der Waals surface area contributed by atoms with Crippen molar-refractivity contribution in [3.63, 3.8) is 0 Å². The Labute approximate surface area is 375 Å². The van der Waals surface area contributed by atoms with E-state index in [0.29, 0.717) is 47.6 Å². The molecule has 0 N–H and O–H groups in total. The molecule has 0 amide bonds. The van der Waals surface area contributed by atoms with Crippen molar-refractivity contribution in [1.82, 2.24) is 30.0 Å². The van der Waals surface area contributed by atoms with Crippen molar-refractivity contribution in [1.29, 1.82) is 0 Å². The summed E-state index contributed by atoms with van der Waals surface area (Å²) in [5, 5.41) is 11.5. The summed E-state index contributed by atoms with van der Waals surface area (Å²) in [6.07, 6.45) is 9.97. The smallest absolute Gasteiger partial charge is 0.333 e. The maximum atomic E-state index is 11.8. The Morgan fingerprint density at radius 2 is 1.30 bits per heavy atom. The predicted octanol–water partition coefficient (Wildman–Crippen LogP) is 8.90. The number of benzene rings is 2. The number of fused-ring (bicyclic) bond motifs is 8. The van der Waals surface area contributed by atoms with Crippen LogP contribution in [0, 0.1) is 23.7 Å². The maximum Gasteiger partial charge on any atom is 0.333 e. The molecule has 0 radical (unpaired) electrons. The Morgan fingerprint density at radius 3 is 1.76 bits per heavy atom. The quantitative estimate of drug-likeness (QED) is 0.0474. The van der Waals surface area contributed by atoms with Crippen molar-refractivity contribution in [2.24, 2.45) is 23.7 Å². The first-order chi connectivity index (χ1) is 30.8. The van der Waals surface area contributed by atoms with E-state index in [2.05, 4.69) is 47.6 Å². The standard InChI is InChI=1S/C50H60N6O6S/c1-6-32-29-55-20-15-33(32)25-44(55)48(38-13-18-51-42-9-7-36(58-4)27-40(38)42)61-46-11-12-47(54-53-46)62-49(39-14-19-52-43-10-8-37(59-5)28-41(39)43)45-26-34-16-21-56(45)30-35(34)17-23-63-24-22-60-50(57)31(2)3/h7-14,18-19,27-28,32-35,44-45,48-49H,2,6,15-17,20-26,29-30H2,1,3-5H3/t32-,33-,34-,35-,44-,45-,48+,49+/m0/s1. The van der Waals surface area contributed by atoms with Gasteiger partial charge in [0, 0.05) is 70.8 Å². The topological polar surface area (TPSA) is 121 Å². The van der Waals surface area contributed by atoms with Crippen molar-refractivity contribution >= 4 is 39.5 Å². The Balaban J connectivity index is 0.965. The molecule has 6 aliphatic rings. The summed E-state index contributed by atoms with van der Waals surface area (Å²) in [5.74, 6) is 6.54. The number of pyridine rings is 2. The lowest BCUT2D eigenvalue weighted by molar-refractivity contribution is -0.138. The Morgan fingerprint density at radius 1 is 0.762 bits per heavy atom. The normalized spacial score (nSPS) is 26.0. The number of piperidine rings is 6. The summed E-state index contributed by atoms with van der Waals surface area (Å²) in [6.45, 7) is 12.3. The lowest BCUT2D eigenvalue weighted by atomic mass is 9.72. The Kier molecular flexibility index (Phi) is 13.3. The first-order valence-electron chi connectivity index (χ1n) is 22.7. The van der Waals surface area contributed by atoms with Crippen LogP contribution in [0.25, 0.3) is 21.8 Å². The van der Waals surface area contributed by atoms with Crippen LogP contribution >= 0.6 is 11.8 Å². The van der Waals surface area contributed by atoms with Crippen LogP contribution in [0.3, 0.4) is 0 Å². The zero-order valence-electron chi connectivity index (χ0n) is 37.0. The summed E-state index contributed by atoms with van der Waals surface area (Å²) < 4.78 is 30.7. The number of ether oxygens (including phenoxy) is 5. The molecule has 6 saturated heterocycles. The highest BCUT2D eigenvalue weighted by molar-refractivity contribution is 7.99. The molecule has 2 aromatic carbocycles. The van der Waals surface area contributed by atoms with Crippen LogP contribution in [0.5, 0.6) is 23.3 Å². The molecule has 9 heterocycles. The number of esters is 1. The third-order valence-electron chi connectivity index (χ3n) is 14.2. The van der Waals surface area contributed by atoms with E-state index in [-0.39, 0.29) is 30.3 Å². The summed E-state index contributed by atoms with van der Waals surface area (Å²) in [4.78, 5) is 26.5. The van der Waals surface area contributed by atoms with Gasteiger partial charge in [-0.3, -0.25) is 19.8 Å². The van der Waals surface area contributed by atoms with Crippen molar-refractivity contribution in [3.8, 4) is 23.3 Å². The van der Waals surface area contributed by atoms with Gasteiger partial charge in [0.15, 0.2) is 0 Å². The molecule has 0 aliphatic carbocycles. The largest absolute Gasteiger partial charge is 0.497 e. The van der Waals surface area contributed by atoms with Crippen LogP contribution < -0.4 is 18.9 Å². The molecule has 6 aliphatic heterocycles. The summed E-state index contributed by atoms with van der Waals surface area (Å²) in [6, 6.07) is 20.4. The van der Waals surface area contributed by atoms with E-state index in [0.717, 1.165) is 101 Å². The SMILES string of the molecule is C=C(C)C(=O)OCCSCC[C@H]1CN2CC[C@H]1C[C@H]2[C@H](Oc1ccc(O[C@H](c2ccnc3ccc(OC)cc23)[C@@H]2C[C@@H]3CCN2C[C@@H]3CC)nn1)c1ccnc2ccc(OC)cc12. The van der Waals surface area contributed by atoms with E-state index in [4.69, 9.17) is 43.8 Å². The van der Waals surface area contributed by atoms with E-state index in [1.165, 1.54) is 19.3 Å². The minimum Gasteiger partial charge on any atom is -0.497 e. The molecular weight excluding hydrogens is 813 g/mol. The van der Waals surface area contributed by atoms with Crippen molar-refractivity contribution in [2.75, 3.05) is 58.5 Å². The number of carbonyl (C=O) groups is 1. The van der Waals surface area contributed by atoms with Crippen LogP contribution in [-0.4, -0.2) is 107 Å². The molecule has 6 fully saturated rings. The van der Waals surface area contributed by atoms with Gasteiger partial charge < -0.3 is 23.7 Å². The van der Waals surface area contributed by atoms with Crippen LogP contribution in [0.4, 0.5) is 0 Å². The lowest BCUT2D eigenvalue weighted by Gasteiger charge is -2.52. The number of thioether (sulfide) groups is 1. The fourth-order valence-electron chi connectivity index (χ4n) is 10.9. The van der Waals surface area contributed by atoms with Gasteiger partial charge in [-0.2, -0.15) is 11.8 Å². The first-order valence-corrected chi connectivity index (χ1v) is 23.9. The molecule has 2 unspecified atom stereocenters. The Bertz CT molecular complexity index is 2400. The average Bonchev–Trinajstić information content (AvgIpc) is 3.33. The van der Waals surface area contributed by atoms with Gasteiger partial charge in [-0.05, 0) is 130 Å². The number of hydrogen-bond acceptors (Lipinski definition) is 13. The van der Waals surface area contributed by atoms with Crippen molar-refractivity contribution < 1.29 is 28.5 Å². The number of methoxy groups -OCH3 is 2. The monoisotopic (exact) mass is 872 g/mol. The summed E-state index contributed by atoms with van der Waals surface area (Å²) in [7, 11) is 3.39. The van der Waals surface area contributed by atoms with Crippen LogP contribution in [0.1, 0.15) is 75.7 Å². The molecule has 13 heteroatoms. The highest BCUT2D eigenvalue weighted by Gasteiger charge is 2.46. The van der Waals surface area contributed by atoms with E-state index < -0.39 is 0 Å². The van der Waals surface area contributed by atoms with Gasteiger partial charge in [-0.15, -0.1) is 10.2 Å². The van der Waals surface area contributed by atoms with Crippen LogP contribution in [-0.2, 0) is 9.53 Å². The molecule has 3 aromatic heterocycles. The molecule has 12 nitrogen and oxygen atoms in total. The second-order valence-electron chi connectivity index (χ2n) is 17.8. The molecule has 5 aromatic rings. The zero-order valence-corrected chi connectivity index (χ0v) is 37.8. The highest BCUT2D eigenvalue weighted by atomic mass is 32.2. The molecule has 332 valence electrons. The van der Waals surface area contributed by atoms with Crippen LogP contribution in [0.15, 0.2) is 85.2 Å². The molecule has 11 rings (SSSR count). The van der Waals surface area contributed by atoms with Gasteiger partial charge in [0.2, 0.25) is 11.8 Å². The third-order valence-corrected chi connectivity index (χ3v) is 15.2. The Hall–Kier alpha value is -4.98. The predicted molar refractivity (Wildman–Crippen MR) is 247 cm³/mol. The number of nitrogens with zero attached hydrogens (tertiary/aromatic N) is 6. The number of rotatable bonds is 18. The van der Waals surface area contributed by atoms with Gasteiger partial charge in [0.25, 0.3) is 0 Å². The lowest BCUT2D eigenvalue weighted by Crippen LogP contribution is -2.56. The molecule has 63 heavy (non-hydrogen) atoms. The molecule has 0 spiro atoms. The van der Waals surface area contributed by atoms with Gasteiger partial charge in [0.1, 0.15) is 30.3 Å². The minimum atomic E-state index is -0.326. The summed E-state index contributed by atoms with van der Waals surface area (Å²) >= 11 is 1.85. The molecule has 10 atom stereocenters. The van der Waals surface area contributed by atoms with E-state index in [1.54, 1.807) is 21.1 Å². The van der Waals surface area contributed by atoms with Crippen molar-refractivity contribution in [3.05, 3.63) is 96.3 Å². The third kappa shape index (κ3) is 9.33. The second-order valence-corrected chi connectivity index (χ2v) is 19.0. The van der Waals surface area contributed by atoms with Gasteiger partial charge >= 0.3 is 5.97 Å². The number of carbonyl (C=O) groups excluding carboxylic acids is 1.